The number of furan rings is 1. The average molecular weight is 380 g/mol. The average Bonchev–Trinajstić information content (AvgIpc) is 3.35. The highest BCUT2D eigenvalue weighted by Gasteiger charge is 2.17. The first kappa shape index (κ1) is 17.8. The molecule has 0 aliphatic rings. The van der Waals surface area contributed by atoms with Crippen molar-refractivity contribution in [3.63, 3.8) is 0 Å². The van der Waals surface area contributed by atoms with E-state index in [4.69, 9.17) is 8.83 Å². The van der Waals surface area contributed by atoms with Crippen molar-refractivity contribution in [2.75, 3.05) is 0 Å². The van der Waals surface area contributed by atoms with Gasteiger partial charge in [0, 0.05) is 17.0 Å². The van der Waals surface area contributed by atoms with Gasteiger partial charge in [0.2, 0.25) is 0 Å². The molecule has 5 heteroatoms. The summed E-state index contributed by atoms with van der Waals surface area (Å²) in [6.07, 6.45) is 2.62. The summed E-state index contributed by atoms with van der Waals surface area (Å²) in [6, 6.07) is 15.9. The van der Waals surface area contributed by atoms with Crippen LogP contribution in [0.25, 0.3) is 11.0 Å². The van der Waals surface area contributed by atoms with Crippen LogP contribution in [0.3, 0.4) is 0 Å². The van der Waals surface area contributed by atoms with Gasteiger partial charge in [0.1, 0.15) is 25.2 Å². The summed E-state index contributed by atoms with van der Waals surface area (Å²) in [6.45, 7) is 4.47. The Kier molecular flexibility index (Phi) is 5.23. The van der Waals surface area contributed by atoms with Gasteiger partial charge in [-0.25, -0.2) is 4.79 Å². The maximum atomic E-state index is 12.1. The summed E-state index contributed by atoms with van der Waals surface area (Å²) in [5, 5.41) is 3.11. The maximum absolute atomic E-state index is 12.1. The molecule has 138 valence electrons. The molecule has 0 bridgehead atoms. The standard InChI is InChI=1S/C22H21NO3S/c1-2-16-7-8-20-17(12-22(24)26-21(20)11-16)13-23(14-18-5-3-9-25-18)15-19-6-4-10-27-19/h3-12H,2,13-15H2,1H3/p+1. The van der Waals surface area contributed by atoms with Crippen LogP contribution in [0.4, 0.5) is 0 Å². The topological polar surface area (TPSA) is 47.8 Å². The molecule has 0 aliphatic carbocycles. The van der Waals surface area contributed by atoms with Crippen molar-refractivity contribution in [2.24, 2.45) is 0 Å². The van der Waals surface area contributed by atoms with Gasteiger partial charge in [0.25, 0.3) is 0 Å². The molecule has 1 N–H and O–H groups in total. The van der Waals surface area contributed by atoms with E-state index in [1.807, 2.05) is 18.2 Å². The van der Waals surface area contributed by atoms with E-state index in [2.05, 4.69) is 36.6 Å². The fourth-order valence-corrected chi connectivity index (χ4v) is 4.19. The van der Waals surface area contributed by atoms with E-state index in [0.29, 0.717) is 5.58 Å². The second-order valence-corrected chi connectivity index (χ2v) is 7.75. The summed E-state index contributed by atoms with van der Waals surface area (Å²) in [4.78, 5) is 14.8. The van der Waals surface area contributed by atoms with Crippen molar-refractivity contribution in [3.05, 3.63) is 92.4 Å². The largest absolute Gasteiger partial charge is 0.463 e. The lowest BCUT2D eigenvalue weighted by atomic mass is 10.1. The van der Waals surface area contributed by atoms with E-state index in [1.165, 1.54) is 15.3 Å². The summed E-state index contributed by atoms with van der Waals surface area (Å²) >= 11 is 1.75. The fourth-order valence-electron chi connectivity index (χ4n) is 3.42. The minimum absolute atomic E-state index is 0.292. The van der Waals surface area contributed by atoms with Gasteiger partial charge in [0.05, 0.1) is 11.1 Å². The molecule has 1 aromatic carbocycles. The van der Waals surface area contributed by atoms with Crippen molar-refractivity contribution in [1.29, 1.82) is 0 Å². The van der Waals surface area contributed by atoms with Gasteiger partial charge in [-0.05, 0) is 41.6 Å². The Balaban J connectivity index is 1.68. The number of benzene rings is 1. The smallest absolute Gasteiger partial charge is 0.336 e. The molecule has 0 saturated heterocycles. The molecule has 4 rings (SSSR count). The predicted octanol–water partition coefficient (Wildman–Crippen LogP) is 3.80. The third kappa shape index (κ3) is 4.21. The van der Waals surface area contributed by atoms with E-state index in [-0.39, 0.29) is 5.63 Å². The van der Waals surface area contributed by atoms with Crippen molar-refractivity contribution in [2.45, 2.75) is 33.0 Å². The number of quaternary nitrogens is 1. The van der Waals surface area contributed by atoms with Gasteiger partial charge < -0.3 is 13.7 Å². The maximum Gasteiger partial charge on any atom is 0.336 e. The Labute approximate surface area is 161 Å². The number of nitrogens with one attached hydrogen (secondary N) is 1. The molecule has 0 radical (unpaired) electrons. The van der Waals surface area contributed by atoms with Gasteiger partial charge in [-0.2, -0.15) is 0 Å². The van der Waals surface area contributed by atoms with Gasteiger partial charge in [-0.3, -0.25) is 0 Å². The van der Waals surface area contributed by atoms with E-state index >= 15 is 0 Å². The van der Waals surface area contributed by atoms with Crippen molar-refractivity contribution in [1.82, 2.24) is 0 Å². The van der Waals surface area contributed by atoms with Crippen LogP contribution in [0.15, 0.2) is 73.8 Å². The number of fused-ring (bicyclic) bond motifs is 1. The molecular formula is C22H22NO3S+. The summed E-state index contributed by atoms with van der Waals surface area (Å²) < 4.78 is 11.0. The van der Waals surface area contributed by atoms with Crippen LogP contribution in [0.1, 0.15) is 28.7 Å². The van der Waals surface area contributed by atoms with Crippen LogP contribution in [0.5, 0.6) is 0 Å². The Morgan fingerprint density at radius 1 is 1.04 bits per heavy atom. The molecular weight excluding hydrogens is 358 g/mol. The second-order valence-electron chi connectivity index (χ2n) is 6.71. The summed E-state index contributed by atoms with van der Waals surface area (Å²) in [7, 11) is 0. The van der Waals surface area contributed by atoms with Crippen LogP contribution in [-0.4, -0.2) is 0 Å². The molecule has 0 amide bonds. The van der Waals surface area contributed by atoms with E-state index in [1.54, 1.807) is 23.7 Å². The number of hydrogen-bond acceptors (Lipinski definition) is 4. The third-order valence-corrected chi connectivity index (χ3v) is 5.63. The molecule has 0 saturated carbocycles. The first-order valence-electron chi connectivity index (χ1n) is 9.15. The van der Waals surface area contributed by atoms with Crippen molar-refractivity contribution < 1.29 is 13.7 Å². The number of aryl methyl sites for hydroxylation is 1. The highest BCUT2D eigenvalue weighted by Crippen LogP contribution is 2.19. The van der Waals surface area contributed by atoms with Crippen LogP contribution in [0, 0.1) is 0 Å². The lowest BCUT2D eigenvalue weighted by Gasteiger charge is -2.18. The molecule has 4 aromatic rings. The highest BCUT2D eigenvalue weighted by molar-refractivity contribution is 7.09. The second kappa shape index (κ2) is 7.94. The molecule has 0 fully saturated rings. The summed E-state index contributed by atoms with van der Waals surface area (Å²) in [5.74, 6) is 0.946. The first-order chi connectivity index (χ1) is 13.2. The lowest BCUT2D eigenvalue weighted by Crippen LogP contribution is -3.08. The monoisotopic (exact) mass is 380 g/mol. The van der Waals surface area contributed by atoms with Crippen LogP contribution < -0.4 is 10.5 Å². The Hall–Kier alpha value is -2.63. The quantitative estimate of drug-likeness (QED) is 0.496. The zero-order valence-electron chi connectivity index (χ0n) is 15.2. The Bertz CT molecular complexity index is 1030. The number of rotatable bonds is 7. The van der Waals surface area contributed by atoms with Gasteiger partial charge in [-0.1, -0.05) is 25.1 Å². The number of thiophene rings is 1. The molecule has 27 heavy (non-hydrogen) atoms. The molecule has 3 aromatic heterocycles. The van der Waals surface area contributed by atoms with Crippen LogP contribution >= 0.6 is 11.3 Å². The lowest BCUT2D eigenvalue weighted by molar-refractivity contribution is -0.941. The number of hydrogen-bond donors (Lipinski definition) is 1. The highest BCUT2D eigenvalue weighted by atomic mass is 32.1. The van der Waals surface area contributed by atoms with Gasteiger partial charge in [0.15, 0.2) is 5.76 Å². The van der Waals surface area contributed by atoms with Crippen LogP contribution in [0.2, 0.25) is 0 Å². The van der Waals surface area contributed by atoms with E-state index in [9.17, 15) is 4.79 Å². The van der Waals surface area contributed by atoms with Crippen LogP contribution in [-0.2, 0) is 26.1 Å². The zero-order chi connectivity index (χ0) is 18.6. The van der Waals surface area contributed by atoms with Gasteiger partial charge in [-0.15, -0.1) is 11.3 Å². The molecule has 0 spiro atoms. The molecule has 1 atom stereocenters. The van der Waals surface area contributed by atoms with E-state index < -0.39 is 0 Å². The van der Waals surface area contributed by atoms with Crippen molar-refractivity contribution in [3.8, 4) is 0 Å². The van der Waals surface area contributed by atoms with Gasteiger partial charge >= 0.3 is 5.63 Å². The normalized spacial score (nSPS) is 12.5. The Morgan fingerprint density at radius 3 is 2.70 bits per heavy atom. The molecule has 1 unspecified atom stereocenters. The van der Waals surface area contributed by atoms with Crippen molar-refractivity contribution >= 4 is 22.3 Å². The van der Waals surface area contributed by atoms with E-state index in [0.717, 1.165) is 42.8 Å². The Morgan fingerprint density at radius 2 is 1.96 bits per heavy atom. The minimum atomic E-state index is -0.292. The third-order valence-electron chi connectivity index (χ3n) is 4.75. The zero-order valence-corrected chi connectivity index (χ0v) is 16.1. The predicted molar refractivity (Wildman–Crippen MR) is 107 cm³/mol. The first-order valence-corrected chi connectivity index (χ1v) is 10.0. The SMILES string of the molecule is CCc1ccc2c(C[NH+](Cc3ccco3)Cc3cccs3)cc(=O)oc2c1. The fraction of sp³-hybridized carbons (Fsp3) is 0.227. The molecule has 0 aliphatic heterocycles. The molecule has 3 heterocycles. The molecule has 4 nitrogen and oxygen atoms in total. The minimum Gasteiger partial charge on any atom is -0.463 e. The summed E-state index contributed by atoms with van der Waals surface area (Å²) in [5.41, 5.74) is 2.56.